The van der Waals surface area contributed by atoms with Crippen LogP contribution in [0, 0.1) is 5.41 Å². The van der Waals surface area contributed by atoms with Crippen molar-refractivity contribution in [3.05, 3.63) is 23.9 Å². The van der Waals surface area contributed by atoms with Gasteiger partial charge >= 0.3 is 0 Å². The topological polar surface area (TPSA) is 19.4 Å². The smallest absolute Gasteiger partial charge is 0.128 e. The molecule has 1 aliphatic rings. The van der Waals surface area contributed by atoms with Crippen LogP contribution in [0.1, 0.15) is 39.2 Å². The van der Waals surface area contributed by atoms with Crippen LogP contribution >= 0.6 is 0 Å². The van der Waals surface area contributed by atoms with Gasteiger partial charge in [0, 0.05) is 32.4 Å². The predicted molar refractivity (Wildman–Crippen MR) is 81.8 cm³/mol. The third-order valence-corrected chi connectivity index (χ3v) is 4.40. The number of anilines is 1. The number of hydrogen-bond acceptors (Lipinski definition) is 3. The van der Waals surface area contributed by atoms with Crippen LogP contribution in [-0.4, -0.2) is 43.1 Å². The monoisotopic (exact) mass is 261 g/mol. The van der Waals surface area contributed by atoms with Crippen LogP contribution in [0.15, 0.2) is 18.3 Å². The van der Waals surface area contributed by atoms with Crippen LogP contribution in [0.2, 0.25) is 0 Å². The summed E-state index contributed by atoms with van der Waals surface area (Å²) in [4.78, 5) is 9.42. The molecule has 19 heavy (non-hydrogen) atoms. The molecule has 0 aliphatic carbocycles. The maximum atomic E-state index is 4.67. The first kappa shape index (κ1) is 14.3. The summed E-state index contributed by atoms with van der Waals surface area (Å²) in [6.07, 6.45) is 2.06. The number of piperazine rings is 1. The van der Waals surface area contributed by atoms with E-state index in [1.54, 1.807) is 0 Å². The van der Waals surface area contributed by atoms with Crippen molar-refractivity contribution in [1.82, 2.24) is 9.88 Å². The van der Waals surface area contributed by atoms with Crippen LogP contribution in [0.5, 0.6) is 0 Å². The van der Waals surface area contributed by atoms with Gasteiger partial charge in [-0.2, -0.15) is 0 Å². The van der Waals surface area contributed by atoms with Crippen molar-refractivity contribution in [3.8, 4) is 0 Å². The number of rotatable bonds is 2. The van der Waals surface area contributed by atoms with Crippen molar-refractivity contribution < 1.29 is 0 Å². The van der Waals surface area contributed by atoms with E-state index in [0.29, 0.717) is 5.92 Å². The van der Waals surface area contributed by atoms with Gasteiger partial charge in [-0.1, -0.05) is 33.8 Å². The number of nitrogens with zero attached hydrogens (tertiary/aromatic N) is 3. The van der Waals surface area contributed by atoms with Crippen LogP contribution in [0.25, 0.3) is 0 Å². The normalized spacial score (nSPS) is 19.5. The van der Waals surface area contributed by atoms with Crippen molar-refractivity contribution in [3.63, 3.8) is 0 Å². The quantitative estimate of drug-likeness (QED) is 0.816. The zero-order chi connectivity index (χ0) is 14.0. The van der Waals surface area contributed by atoms with E-state index in [9.17, 15) is 0 Å². The SMILES string of the molecule is CC(c1ccc(N2CCN(C)CC2)nc1)C(C)(C)C. The molecule has 0 amide bonds. The Morgan fingerprint density at radius 2 is 1.74 bits per heavy atom. The van der Waals surface area contributed by atoms with Crippen molar-refractivity contribution in [2.24, 2.45) is 5.41 Å². The van der Waals surface area contributed by atoms with E-state index in [1.807, 2.05) is 0 Å². The predicted octanol–water partition coefficient (Wildman–Crippen LogP) is 2.98. The van der Waals surface area contributed by atoms with E-state index < -0.39 is 0 Å². The van der Waals surface area contributed by atoms with Crippen molar-refractivity contribution >= 4 is 5.82 Å². The minimum absolute atomic E-state index is 0.289. The number of hydrogen-bond donors (Lipinski definition) is 0. The van der Waals surface area contributed by atoms with Gasteiger partial charge in [-0.05, 0) is 30.0 Å². The lowest BCUT2D eigenvalue weighted by molar-refractivity contribution is 0.312. The maximum Gasteiger partial charge on any atom is 0.128 e. The Kier molecular flexibility index (Phi) is 4.14. The van der Waals surface area contributed by atoms with Gasteiger partial charge in [0.05, 0.1) is 0 Å². The Bertz CT molecular complexity index is 397. The molecule has 0 N–H and O–H groups in total. The molecule has 1 saturated heterocycles. The van der Waals surface area contributed by atoms with Crippen molar-refractivity contribution in [2.45, 2.75) is 33.6 Å². The first-order valence-corrected chi connectivity index (χ1v) is 7.27. The fourth-order valence-corrected chi connectivity index (χ4v) is 2.38. The molecule has 0 aromatic carbocycles. The molecule has 0 radical (unpaired) electrons. The van der Waals surface area contributed by atoms with Gasteiger partial charge in [-0.15, -0.1) is 0 Å². The third-order valence-electron chi connectivity index (χ3n) is 4.40. The van der Waals surface area contributed by atoms with Crippen molar-refractivity contribution in [1.29, 1.82) is 0 Å². The van der Waals surface area contributed by atoms with Crippen LogP contribution in [0.4, 0.5) is 5.82 Å². The molecule has 0 bridgehead atoms. The molecule has 1 aromatic heterocycles. The average molecular weight is 261 g/mol. The Labute approximate surface area is 117 Å². The second-order valence-electron chi connectivity index (χ2n) is 6.83. The minimum atomic E-state index is 0.289. The van der Waals surface area contributed by atoms with Gasteiger partial charge in [-0.3, -0.25) is 0 Å². The summed E-state index contributed by atoms with van der Waals surface area (Å²) in [5, 5.41) is 0. The van der Waals surface area contributed by atoms with Crippen LogP contribution in [0.3, 0.4) is 0 Å². The summed E-state index contributed by atoms with van der Waals surface area (Å²) in [7, 11) is 2.18. The third kappa shape index (κ3) is 3.47. The molecule has 3 nitrogen and oxygen atoms in total. The van der Waals surface area contributed by atoms with Gasteiger partial charge in [0.25, 0.3) is 0 Å². The highest BCUT2D eigenvalue weighted by Crippen LogP contribution is 2.34. The summed E-state index contributed by atoms with van der Waals surface area (Å²) < 4.78 is 0. The number of aromatic nitrogens is 1. The molecule has 1 aliphatic heterocycles. The van der Waals surface area contributed by atoms with Crippen LogP contribution < -0.4 is 4.90 Å². The van der Waals surface area contributed by atoms with E-state index in [1.165, 1.54) is 5.56 Å². The fourth-order valence-electron chi connectivity index (χ4n) is 2.38. The van der Waals surface area contributed by atoms with Crippen molar-refractivity contribution in [2.75, 3.05) is 38.1 Å². The molecule has 1 aromatic rings. The highest BCUT2D eigenvalue weighted by atomic mass is 15.3. The largest absolute Gasteiger partial charge is 0.354 e. The second kappa shape index (κ2) is 5.49. The Balaban J connectivity index is 2.06. The number of pyridine rings is 1. The molecule has 1 atom stereocenters. The first-order chi connectivity index (χ1) is 8.88. The second-order valence-corrected chi connectivity index (χ2v) is 6.83. The van der Waals surface area contributed by atoms with E-state index in [-0.39, 0.29) is 5.41 Å². The Morgan fingerprint density at radius 3 is 2.21 bits per heavy atom. The lowest BCUT2D eigenvalue weighted by Gasteiger charge is -2.33. The van der Waals surface area contributed by atoms with Gasteiger partial charge < -0.3 is 9.80 Å². The molecule has 2 heterocycles. The minimum Gasteiger partial charge on any atom is -0.354 e. The lowest BCUT2D eigenvalue weighted by Crippen LogP contribution is -2.44. The van der Waals surface area contributed by atoms with E-state index in [2.05, 4.69) is 67.9 Å². The molecular formula is C16H27N3. The summed E-state index contributed by atoms with van der Waals surface area (Å²) in [5.41, 5.74) is 1.63. The van der Waals surface area contributed by atoms with Crippen LogP contribution in [-0.2, 0) is 0 Å². The summed E-state index contributed by atoms with van der Waals surface area (Å²) >= 11 is 0. The van der Waals surface area contributed by atoms with E-state index in [4.69, 9.17) is 0 Å². The molecule has 0 spiro atoms. The standard InChI is InChI=1S/C16H27N3/c1-13(16(2,3)4)14-6-7-15(17-12-14)19-10-8-18(5)9-11-19/h6-7,12-13H,8-11H2,1-5H3. The molecule has 106 valence electrons. The van der Waals surface area contributed by atoms with E-state index in [0.717, 1.165) is 32.0 Å². The Morgan fingerprint density at radius 1 is 1.11 bits per heavy atom. The van der Waals surface area contributed by atoms with Gasteiger partial charge in [0.15, 0.2) is 0 Å². The average Bonchev–Trinajstić information content (AvgIpc) is 2.38. The van der Waals surface area contributed by atoms with Gasteiger partial charge in [0.1, 0.15) is 5.82 Å². The highest BCUT2D eigenvalue weighted by molar-refractivity contribution is 5.40. The van der Waals surface area contributed by atoms with Gasteiger partial charge in [0.2, 0.25) is 0 Å². The van der Waals surface area contributed by atoms with Gasteiger partial charge in [-0.25, -0.2) is 4.98 Å². The van der Waals surface area contributed by atoms with E-state index >= 15 is 0 Å². The zero-order valence-corrected chi connectivity index (χ0v) is 13.0. The maximum absolute atomic E-state index is 4.67. The molecular weight excluding hydrogens is 234 g/mol. The molecule has 2 rings (SSSR count). The molecule has 1 unspecified atom stereocenters. The summed E-state index contributed by atoms with van der Waals surface area (Å²) in [6.45, 7) is 13.6. The zero-order valence-electron chi connectivity index (χ0n) is 13.0. The number of likely N-dealkylation sites (N-methyl/N-ethyl adjacent to an activating group) is 1. The first-order valence-electron chi connectivity index (χ1n) is 7.27. The summed E-state index contributed by atoms with van der Waals surface area (Å²) in [6, 6.07) is 4.43. The fraction of sp³-hybridized carbons (Fsp3) is 0.688. The Hall–Kier alpha value is -1.09. The molecule has 0 saturated carbocycles. The molecule has 1 fully saturated rings. The lowest BCUT2D eigenvalue weighted by atomic mass is 9.78. The highest BCUT2D eigenvalue weighted by Gasteiger charge is 2.22. The summed E-state index contributed by atoms with van der Waals surface area (Å²) in [5.74, 6) is 1.65. The molecule has 3 heteroatoms.